The van der Waals surface area contributed by atoms with Crippen LogP contribution >= 0.6 is 0 Å². The maximum absolute atomic E-state index is 11.5. The fourth-order valence-corrected chi connectivity index (χ4v) is 4.40. The number of likely N-dealkylation sites (tertiary alicyclic amines) is 1. The van der Waals surface area contributed by atoms with Crippen LogP contribution in [0, 0.1) is 0 Å². The molecule has 2 saturated heterocycles. The summed E-state index contributed by atoms with van der Waals surface area (Å²) in [7, 11) is 0. The van der Waals surface area contributed by atoms with Crippen LogP contribution in [0.15, 0.2) is 34.9 Å². The molecule has 0 unspecified atom stereocenters. The van der Waals surface area contributed by atoms with E-state index < -0.39 is 6.10 Å². The average Bonchev–Trinajstić information content (AvgIpc) is 3.23. The topological polar surface area (TPSA) is 108 Å². The average molecular weight is 430 g/mol. The largest absolute Gasteiger partial charge is 0.508 e. The van der Waals surface area contributed by atoms with Gasteiger partial charge in [-0.2, -0.15) is 0 Å². The van der Waals surface area contributed by atoms with Gasteiger partial charge in [-0.3, -0.25) is 4.79 Å². The number of rotatable bonds is 6. The Morgan fingerprint density at radius 1 is 1.23 bits per heavy atom. The van der Waals surface area contributed by atoms with Crippen LogP contribution in [0.5, 0.6) is 5.75 Å². The summed E-state index contributed by atoms with van der Waals surface area (Å²) in [5.41, 5.74) is 1.57. The van der Waals surface area contributed by atoms with E-state index >= 15 is 0 Å². The molecular weight excluding hydrogens is 398 g/mol. The van der Waals surface area contributed by atoms with Crippen LogP contribution in [0.4, 0.5) is 0 Å². The third-order valence-electron chi connectivity index (χ3n) is 6.26. The maximum atomic E-state index is 11.5. The summed E-state index contributed by atoms with van der Waals surface area (Å²) in [6.45, 7) is 3.76. The van der Waals surface area contributed by atoms with E-state index in [1.54, 1.807) is 25.1 Å². The number of phenolic OH excluding ortho intramolecular Hbond substituents is 1. The number of aromatic hydroxyl groups is 1. The highest BCUT2D eigenvalue weighted by Crippen LogP contribution is 2.27. The van der Waals surface area contributed by atoms with Crippen molar-refractivity contribution in [1.82, 2.24) is 15.4 Å². The van der Waals surface area contributed by atoms with Gasteiger partial charge < -0.3 is 29.7 Å². The van der Waals surface area contributed by atoms with Gasteiger partial charge >= 0.3 is 0 Å². The molecule has 1 aromatic carbocycles. The number of aromatic nitrogens is 1. The number of hydrogen-bond donors (Lipinski definition) is 3. The predicted octanol–water partition coefficient (Wildman–Crippen LogP) is 2.10. The smallest absolute Gasteiger partial charge is 0.219 e. The molecule has 2 aliphatic rings. The normalized spacial score (nSPS) is 25.0. The zero-order valence-corrected chi connectivity index (χ0v) is 17.9. The van der Waals surface area contributed by atoms with Crippen molar-refractivity contribution in [3.05, 3.63) is 36.0 Å². The highest BCUT2D eigenvalue weighted by molar-refractivity contribution is 5.73. The van der Waals surface area contributed by atoms with Crippen molar-refractivity contribution < 1.29 is 24.3 Å². The van der Waals surface area contributed by atoms with Crippen molar-refractivity contribution in [1.29, 1.82) is 0 Å². The molecular formula is C23H31N3O5. The van der Waals surface area contributed by atoms with Crippen molar-refractivity contribution in [3.63, 3.8) is 0 Å². The molecule has 1 amide bonds. The molecule has 1 aromatic heterocycles. The number of amides is 1. The molecule has 8 nitrogen and oxygen atoms in total. The van der Waals surface area contributed by atoms with Gasteiger partial charge in [0.1, 0.15) is 5.75 Å². The molecule has 0 bridgehead atoms. The molecule has 2 aliphatic heterocycles. The van der Waals surface area contributed by atoms with Crippen LogP contribution in [0.25, 0.3) is 11.3 Å². The first-order valence-electron chi connectivity index (χ1n) is 11.1. The number of carbonyl (C=O) groups is 1. The molecule has 4 rings (SSSR count). The summed E-state index contributed by atoms with van der Waals surface area (Å²) >= 11 is 0. The Bertz CT molecular complexity index is 878. The molecule has 31 heavy (non-hydrogen) atoms. The molecule has 3 atom stereocenters. The highest BCUT2D eigenvalue weighted by atomic mass is 16.5. The Balaban J connectivity index is 1.28. The Morgan fingerprint density at radius 2 is 2.03 bits per heavy atom. The molecule has 3 N–H and O–H groups in total. The van der Waals surface area contributed by atoms with Crippen molar-refractivity contribution in [3.8, 4) is 17.1 Å². The number of benzene rings is 1. The lowest BCUT2D eigenvalue weighted by Gasteiger charge is -2.36. The van der Waals surface area contributed by atoms with Crippen molar-refractivity contribution in [2.75, 3.05) is 19.6 Å². The Kier molecular flexibility index (Phi) is 6.89. The molecule has 0 radical (unpaired) electrons. The van der Waals surface area contributed by atoms with E-state index in [2.05, 4.69) is 10.5 Å². The lowest BCUT2D eigenvalue weighted by molar-refractivity contribution is -0.130. The molecule has 2 fully saturated rings. The Hall–Kier alpha value is -2.42. The monoisotopic (exact) mass is 429 g/mol. The maximum Gasteiger partial charge on any atom is 0.219 e. The zero-order chi connectivity index (χ0) is 21.8. The number of phenols is 1. The minimum absolute atomic E-state index is 0.0307. The summed E-state index contributed by atoms with van der Waals surface area (Å²) in [5, 5.41) is 27.7. The van der Waals surface area contributed by atoms with Gasteiger partial charge in [0.25, 0.3) is 0 Å². The molecule has 0 spiro atoms. The van der Waals surface area contributed by atoms with Crippen LogP contribution in [0.2, 0.25) is 0 Å². The first-order chi connectivity index (χ1) is 15.0. The third-order valence-corrected chi connectivity index (χ3v) is 6.26. The van der Waals surface area contributed by atoms with E-state index in [1.165, 1.54) is 0 Å². The van der Waals surface area contributed by atoms with Gasteiger partial charge in [-0.25, -0.2) is 0 Å². The Morgan fingerprint density at radius 3 is 2.77 bits per heavy atom. The zero-order valence-electron chi connectivity index (χ0n) is 17.9. The summed E-state index contributed by atoms with van der Waals surface area (Å²) in [5.74, 6) is 0.923. The summed E-state index contributed by atoms with van der Waals surface area (Å²) in [4.78, 5) is 13.3. The van der Waals surface area contributed by atoms with Crippen LogP contribution in [-0.4, -0.2) is 70.2 Å². The Labute approximate surface area is 182 Å². The number of hydrogen-bond acceptors (Lipinski definition) is 7. The van der Waals surface area contributed by atoms with Crippen LogP contribution < -0.4 is 5.32 Å². The highest BCUT2D eigenvalue weighted by Gasteiger charge is 2.31. The van der Waals surface area contributed by atoms with Gasteiger partial charge in [-0.05, 0) is 37.8 Å². The van der Waals surface area contributed by atoms with Gasteiger partial charge in [0.15, 0.2) is 5.76 Å². The van der Waals surface area contributed by atoms with Gasteiger partial charge in [-0.1, -0.05) is 17.3 Å². The summed E-state index contributed by atoms with van der Waals surface area (Å²) in [6, 6.07) is 9.09. The second-order valence-electron chi connectivity index (χ2n) is 8.57. The number of aliphatic hydroxyl groups excluding tert-OH is 1. The van der Waals surface area contributed by atoms with E-state index in [0.29, 0.717) is 31.2 Å². The van der Waals surface area contributed by atoms with E-state index in [4.69, 9.17) is 9.26 Å². The molecule has 168 valence electrons. The number of ether oxygens (including phenoxy) is 1. The summed E-state index contributed by atoms with van der Waals surface area (Å²) in [6.07, 6.45) is 3.13. The van der Waals surface area contributed by atoms with Crippen LogP contribution in [-0.2, 0) is 16.0 Å². The predicted molar refractivity (Wildman–Crippen MR) is 114 cm³/mol. The van der Waals surface area contributed by atoms with Gasteiger partial charge in [0, 0.05) is 50.7 Å². The fourth-order valence-electron chi connectivity index (χ4n) is 4.40. The number of aliphatic hydroxyl groups is 1. The second-order valence-corrected chi connectivity index (χ2v) is 8.57. The van der Waals surface area contributed by atoms with E-state index in [1.807, 2.05) is 17.0 Å². The molecule has 3 heterocycles. The lowest BCUT2D eigenvalue weighted by atomic mass is 9.97. The number of nitrogens with zero attached hydrogens (tertiary/aromatic N) is 2. The van der Waals surface area contributed by atoms with E-state index in [0.717, 1.165) is 43.6 Å². The molecule has 8 heteroatoms. The first kappa shape index (κ1) is 21.8. The second kappa shape index (κ2) is 9.80. The SMILES string of the molecule is CC(=O)N1CCC(NC[C@H]2O[C@H](Cc3cc(-c4cccc(O)c4)on3)CC[C@@H]2O)CC1. The fraction of sp³-hybridized carbons (Fsp3) is 0.565. The molecule has 2 aromatic rings. The standard InChI is InChI=1S/C23H31N3O5/c1-15(27)26-9-7-17(8-10-26)24-14-23-21(29)6-5-20(30-23)12-18-13-22(31-25-18)16-3-2-4-19(28)11-16/h2-4,11,13,17,20-21,23-24,28-29H,5-10,12,14H2,1H3/t20-,21-,23+/m0/s1. The van der Waals surface area contributed by atoms with Crippen molar-refractivity contribution in [2.24, 2.45) is 0 Å². The summed E-state index contributed by atoms with van der Waals surface area (Å²) < 4.78 is 11.6. The van der Waals surface area contributed by atoms with E-state index in [9.17, 15) is 15.0 Å². The van der Waals surface area contributed by atoms with Gasteiger partial charge in [-0.15, -0.1) is 0 Å². The number of nitrogens with one attached hydrogen (secondary N) is 1. The first-order valence-corrected chi connectivity index (χ1v) is 11.1. The number of piperidine rings is 1. The quantitative estimate of drug-likeness (QED) is 0.645. The minimum Gasteiger partial charge on any atom is -0.508 e. The molecule has 0 aliphatic carbocycles. The lowest BCUT2D eigenvalue weighted by Crippen LogP contribution is -2.50. The van der Waals surface area contributed by atoms with Crippen molar-refractivity contribution in [2.45, 2.75) is 63.4 Å². The minimum atomic E-state index is -0.485. The number of carbonyl (C=O) groups excluding carboxylic acids is 1. The molecule has 0 saturated carbocycles. The van der Waals surface area contributed by atoms with Crippen LogP contribution in [0.3, 0.4) is 0 Å². The van der Waals surface area contributed by atoms with Gasteiger partial charge in [0.05, 0.1) is 24.0 Å². The van der Waals surface area contributed by atoms with Crippen LogP contribution in [0.1, 0.15) is 38.3 Å². The van der Waals surface area contributed by atoms with E-state index in [-0.39, 0.29) is 23.9 Å². The van der Waals surface area contributed by atoms with Gasteiger partial charge in [0.2, 0.25) is 5.91 Å². The third kappa shape index (κ3) is 5.64. The van der Waals surface area contributed by atoms with Crippen molar-refractivity contribution >= 4 is 5.91 Å².